The van der Waals surface area contributed by atoms with Gasteiger partial charge in [0.25, 0.3) is 0 Å². The summed E-state index contributed by atoms with van der Waals surface area (Å²) in [7, 11) is 0. The van der Waals surface area contributed by atoms with E-state index in [1.54, 1.807) is 0 Å². The number of halogens is 5. The van der Waals surface area contributed by atoms with Crippen LogP contribution in [-0.4, -0.2) is 4.98 Å². The molecule has 0 aliphatic heterocycles. The number of hydrogen-bond acceptors (Lipinski definition) is 1. The number of aromatic nitrogens is 1. The molecule has 6 heteroatoms. The zero-order chi connectivity index (χ0) is 9.35. The highest BCUT2D eigenvalue weighted by molar-refractivity contribution is 6.34. The Morgan fingerprint density at radius 1 is 1.25 bits per heavy atom. The summed E-state index contributed by atoms with van der Waals surface area (Å²) in [6, 6.07) is 0.950. The van der Waals surface area contributed by atoms with Gasteiger partial charge in [0.2, 0.25) is 0 Å². The van der Waals surface area contributed by atoms with Gasteiger partial charge in [0.1, 0.15) is 5.15 Å². The Hall–Kier alpha value is -0.480. The first-order chi connectivity index (χ1) is 5.41. The zero-order valence-electron chi connectivity index (χ0n) is 5.49. The second-order valence-corrected chi connectivity index (χ2v) is 2.78. The van der Waals surface area contributed by atoms with Gasteiger partial charge in [-0.2, -0.15) is 13.2 Å². The van der Waals surface area contributed by atoms with E-state index in [0.717, 1.165) is 6.07 Å². The van der Waals surface area contributed by atoms with Crippen LogP contribution in [0.3, 0.4) is 0 Å². The van der Waals surface area contributed by atoms with Crippen molar-refractivity contribution in [3.8, 4) is 0 Å². The lowest BCUT2D eigenvalue weighted by molar-refractivity contribution is -0.137. The molecule has 0 atom stereocenters. The number of alkyl halides is 3. The first kappa shape index (κ1) is 9.61. The molecule has 0 aliphatic carbocycles. The van der Waals surface area contributed by atoms with Crippen LogP contribution in [0.5, 0.6) is 0 Å². The van der Waals surface area contributed by atoms with Crippen molar-refractivity contribution in [3.05, 3.63) is 28.0 Å². The molecule has 1 rings (SSSR count). The highest BCUT2D eigenvalue weighted by Gasteiger charge is 2.33. The fourth-order valence-corrected chi connectivity index (χ4v) is 1.09. The van der Waals surface area contributed by atoms with Crippen LogP contribution in [0.2, 0.25) is 10.2 Å². The van der Waals surface area contributed by atoms with E-state index in [2.05, 4.69) is 4.98 Å². The Balaban J connectivity index is 3.19. The molecule has 0 amide bonds. The Kier molecular flexibility index (Phi) is 2.49. The molecule has 1 aromatic rings. The van der Waals surface area contributed by atoms with Crippen LogP contribution in [0.1, 0.15) is 5.56 Å². The van der Waals surface area contributed by atoms with E-state index in [0.29, 0.717) is 6.20 Å². The second kappa shape index (κ2) is 3.11. The van der Waals surface area contributed by atoms with Gasteiger partial charge in [-0.15, -0.1) is 0 Å². The number of rotatable bonds is 0. The molecule has 0 N–H and O–H groups in total. The summed E-state index contributed by atoms with van der Waals surface area (Å²) >= 11 is 10.6. The maximum absolute atomic E-state index is 12.0. The highest BCUT2D eigenvalue weighted by atomic mass is 35.5. The molecule has 0 saturated carbocycles. The standard InChI is InChI=1S/C6H2Cl2F3N/c7-4-1-5(8)12-2-3(4)6(9,10)11/h1-2H. The minimum atomic E-state index is -4.48. The van der Waals surface area contributed by atoms with E-state index < -0.39 is 16.8 Å². The molecular formula is C6H2Cl2F3N. The molecule has 0 bridgehead atoms. The minimum absolute atomic E-state index is 0.0620. The first-order valence-corrected chi connectivity index (χ1v) is 3.55. The molecule has 0 fully saturated rings. The molecule has 0 saturated heterocycles. The van der Waals surface area contributed by atoms with Gasteiger partial charge in [0.15, 0.2) is 0 Å². The molecule has 1 heterocycles. The van der Waals surface area contributed by atoms with Crippen LogP contribution in [-0.2, 0) is 6.18 Å². The normalized spacial score (nSPS) is 11.8. The second-order valence-electron chi connectivity index (χ2n) is 1.98. The fraction of sp³-hybridized carbons (Fsp3) is 0.167. The van der Waals surface area contributed by atoms with Crippen molar-refractivity contribution < 1.29 is 13.2 Å². The molecule has 12 heavy (non-hydrogen) atoms. The third-order valence-corrected chi connectivity index (χ3v) is 1.64. The van der Waals surface area contributed by atoms with Crippen LogP contribution < -0.4 is 0 Å². The molecule has 0 aromatic carbocycles. The summed E-state index contributed by atoms with van der Waals surface area (Å²) in [4.78, 5) is 3.27. The third-order valence-electron chi connectivity index (χ3n) is 1.13. The molecular weight excluding hydrogens is 214 g/mol. The molecule has 0 aliphatic rings. The van der Waals surface area contributed by atoms with Crippen molar-refractivity contribution in [3.63, 3.8) is 0 Å². The van der Waals surface area contributed by atoms with Crippen LogP contribution >= 0.6 is 23.2 Å². The van der Waals surface area contributed by atoms with E-state index in [1.807, 2.05) is 0 Å². The van der Waals surface area contributed by atoms with E-state index in [1.165, 1.54) is 0 Å². The van der Waals surface area contributed by atoms with Crippen molar-refractivity contribution in [1.82, 2.24) is 4.98 Å². The molecule has 0 radical (unpaired) electrons. The van der Waals surface area contributed by atoms with Crippen molar-refractivity contribution in [2.45, 2.75) is 6.18 Å². The molecule has 1 nitrogen and oxygen atoms in total. The van der Waals surface area contributed by atoms with Gasteiger partial charge in [-0.3, -0.25) is 0 Å². The predicted octanol–water partition coefficient (Wildman–Crippen LogP) is 3.41. The van der Waals surface area contributed by atoms with Crippen LogP contribution in [0.25, 0.3) is 0 Å². The zero-order valence-corrected chi connectivity index (χ0v) is 7.00. The Bertz CT molecular complexity index is 297. The van der Waals surface area contributed by atoms with Gasteiger partial charge in [-0.1, -0.05) is 23.2 Å². The Labute approximate surface area is 76.1 Å². The SMILES string of the molecule is FC(F)(F)c1cnc(Cl)cc1Cl. The molecule has 1 aromatic heterocycles. The quantitative estimate of drug-likeness (QED) is 0.605. The first-order valence-electron chi connectivity index (χ1n) is 2.79. The van der Waals surface area contributed by atoms with Gasteiger partial charge in [-0.25, -0.2) is 4.98 Å². The average molecular weight is 216 g/mol. The molecule has 0 spiro atoms. The third kappa shape index (κ3) is 2.01. The summed E-state index contributed by atoms with van der Waals surface area (Å²) in [5.41, 5.74) is -0.978. The van der Waals surface area contributed by atoms with E-state index >= 15 is 0 Å². The molecule has 0 unspecified atom stereocenters. The van der Waals surface area contributed by atoms with Crippen molar-refractivity contribution in [1.29, 1.82) is 0 Å². The number of nitrogens with zero attached hydrogens (tertiary/aromatic N) is 1. The molecule has 66 valence electrons. The maximum atomic E-state index is 12.0. The summed E-state index contributed by atoms with van der Waals surface area (Å²) in [5.74, 6) is 0. The van der Waals surface area contributed by atoms with Crippen LogP contribution in [0, 0.1) is 0 Å². The number of pyridine rings is 1. The Morgan fingerprint density at radius 2 is 1.83 bits per heavy atom. The maximum Gasteiger partial charge on any atom is 0.419 e. The van der Waals surface area contributed by atoms with Gasteiger partial charge in [0, 0.05) is 6.20 Å². The average Bonchev–Trinajstić information content (AvgIpc) is 1.83. The summed E-state index contributed by atoms with van der Waals surface area (Å²) < 4.78 is 36.0. The van der Waals surface area contributed by atoms with E-state index in [9.17, 15) is 13.2 Å². The van der Waals surface area contributed by atoms with Gasteiger partial charge < -0.3 is 0 Å². The van der Waals surface area contributed by atoms with Gasteiger partial charge >= 0.3 is 6.18 Å². The monoisotopic (exact) mass is 215 g/mol. The summed E-state index contributed by atoms with van der Waals surface area (Å²) in [6.07, 6.45) is -3.88. The topological polar surface area (TPSA) is 12.9 Å². The fourth-order valence-electron chi connectivity index (χ4n) is 0.616. The highest BCUT2D eigenvalue weighted by Crippen LogP contribution is 2.34. The van der Waals surface area contributed by atoms with Gasteiger partial charge in [0.05, 0.1) is 10.6 Å². The minimum Gasteiger partial charge on any atom is -0.244 e. The van der Waals surface area contributed by atoms with Crippen molar-refractivity contribution >= 4 is 23.2 Å². The summed E-state index contributed by atoms with van der Waals surface area (Å²) in [5, 5.41) is -0.504. The van der Waals surface area contributed by atoms with Crippen LogP contribution in [0.4, 0.5) is 13.2 Å². The lowest BCUT2D eigenvalue weighted by atomic mass is 10.3. The summed E-state index contributed by atoms with van der Waals surface area (Å²) in [6.45, 7) is 0. The van der Waals surface area contributed by atoms with E-state index in [4.69, 9.17) is 23.2 Å². The smallest absolute Gasteiger partial charge is 0.244 e. The van der Waals surface area contributed by atoms with E-state index in [-0.39, 0.29) is 5.15 Å². The van der Waals surface area contributed by atoms with Gasteiger partial charge in [-0.05, 0) is 6.07 Å². The largest absolute Gasteiger partial charge is 0.419 e. The lowest BCUT2D eigenvalue weighted by Crippen LogP contribution is -2.06. The number of hydrogen-bond donors (Lipinski definition) is 0. The predicted molar refractivity (Wildman–Crippen MR) is 39.3 cm³/mol. The van der Waals surface area contributed by atoms with Crippen molar-refractivity contribution in [2.75, 3.05) is 0 Å². The van der Waals surface area contributed by atoms with Crippen LogP contribution in [0.15, 0.2) is 12.3 Å². The Morgan fingerprint density at radius 3 is 2.25 bits per heavy atom. The van der Waals surface area contributed by atoms with Crippen molar-refractivity contribution in [2.24, 2.45) is 0 Å². The lowest BCUT2D eigenvalue weighted by Gasteiger charge is -2.07.